The van der Waals surface area contributed by atoms with Crippen LogP contribution in [0.3, 0.4) is 0 Å². The van der Waals surface area contributed by atoms with Crippen LogP contribution in [-0.2, 0) is 10.0 Å². The van der Waals surface area contributed by atoms with Crippen molar-refractivity contribution in [1.82, 2.24) is 9.97 Å². The van der Waals surface area contributed by atoms with Gasteiger partial charge in [0.2, 0.25) is 12.5 Å². The van der Waals surface area contributed by atoms with Gasteiger partial charge >= 0.3 is 0 Å². The molecule has 0 aliphatic carbocycles. The fourth-order valence-electron chi connectivity index (χ4n) is 3.57. The second-order valence-corrected chi connectivity index (χ2v) is 9.60. The summed E-state index contributed by atoms with van der Waals surface area (Å²) in [6.45, 7) is -0.555. The lowest BCUT2D eigenvalue weighted by Crippen LogP contribution is -2.23. The molecule has 2 N–H and O–H groups in total. The minimum absolute atomic E-state index is 0.0234. The van der Waals surface area contributed by atoms with Crippen LogP contribution < -0.4 is 33.1 Å². The van der Waals surface area contributed by atoms with Crippen LogP contribution in [0, 0.1) is 5.21 Å². The molecule has 4 aromatic rings. The van der Waals surface area contributed by atoms with Crippen molar-refractivity contribution in [3.8, 4) is 46.0 Å². The summed E-state index contributed by atoms with van der Waals surface area (Å²) in [6, 6.07) is 13.7. The molecule has 202 valence electrons. The number of methoxy groups -OCH3 is 1. The average molecular weight is 555 g/mol. The molecule has 39 heavy (non-hydrogen) atoms. The smallest absolute Gasteiger partial charge is 0.263 e. The fourth-order valence-corrected chi connectivity index (χ4v) is 4.59. The number of sulfonamides is 1. The molecule has 1 aliphatic rings. The zero-order valence-electron chi connectivity index (χ0n) is 20.4. The summed E-state index contributed by atoms with van der Waals surface area (Å²) >= 11 is 0. The Kier molecular flexibility index (Phi) is 7.21. The van der Waals surface area contributed by atoms with E-state index in [1.165, 1.54) is 49.8 Å². The number of benzene rings is 2. The van der Waals surface area contributed by atoms with Gasteiger partial charge in [-0.05, 0) is 24.3 Å². The van der Waals surface area contributed by atoms with Gasteiger partial charge in [-0.25, -0.2) is 13.4 Å². The van der Waals surface area contributed by atoms with Gasteiger partial charge < -0.3 is 34.0 Å². The van der Waals surface area contributed by atoms with E-state index >= 15 is 0 Å². The summed E-state index contributed by atoms with van der Waals surface area (Å²) in [5.74, 6) is 0.669. The normalized spacial score (nSPS) is 12.2. The van der Waals surface area contributed by atoms with Gasteiger partial charge in [0.1, 0.15) is 6.61 Å². The molecule has 2 aromatic carbocycles. The van der Waals surface area contributed by atoms with Gasteiger partial charge in [0.15, 0.2) is 47.0 Å². The monoisotopic (exact) mass is 554 g/mol. The molecule has 0 spiro atoms. The van der Waals surface area contributed by atoms with Crippen molar-refractivity contribution in [2.75, 3.05) is 31.8 Å². The molecular weight excluding hydrogens is 532 g/mol. The molecule has 5 rings (SSSR count). The average Bonchev–Trinajstić information content (AvgIpc) is 3.42. The fraction of sp³-hybridized carbons (Fsp3) is 0.160. The first kappa shape index (κ1) is 25.8. The Balaban J connectivity index is 1.64. The molecule has 0 saturated carbocycles. The third-order valence-corrected chi connectivity index (χ3v) is 6.73. The van der Waals surface area contributed by atoms with E-state index in [4.69, 9.17) is 23.7 Å². The lowest BCUT2D eigenvalue weighted by molar-refractivity contribution is -0.605. The molecule has 0 unspecified atom stereocenters. The Morgan fingerprint density at radius 2 is 1.79 bits per heavy atom. The highest BCUT2D eigenvalue weighted by molar-refractivity contribution is 7.92. The summed E-state index contributed by atoms with van der Waals surface area (Å²) in [4.78, 5) is 8.65. The zero-order valence-corrected chi connectivity index (χ0v) is 21.3. The molecule has 0 bridgehead atoms. The summed E-state index contributed by atoms with van der Waals surface area (Å²) < 4.78 is 57.6. The highest BCUT2D eigenvalue weighted by atomic mass is 32.2. The number of pyridine rings is 1. The maximum atomic E-state index is 13.5. The number of aliphatic hydroxyl groups excluding tert-OH is 1. The SMILES string of the molecule is COc1ccccc1Oc1c(NS(=O)(=O)c2ccc3c(c2)OCO3)nc(-c2cc[n+]([O-])cc2)nc1OCCO. The predicted molar refractivity (Wildman–Crippen MR) is 135 cm³/mol. The molecule has 3 heterocycles. The van der Waals surface area contributed by atoms with Gasteiger partial charge in [-0.3, -0.25) is 4.72 Å². The van der Waals surface area contributed by atoms with Gasteiger partial charge in [0, 0.05) is 23.8 Å². The standard InChI is InChI=1S/C25H22N4O9S/c1-34-18-4-2-3-5-20(18)38-22-24(28-39(32,33)17-6-7-19-21(14-17)37-15-36-19)26-23(27-25(22)35-13-12-30)16-8-10-29(31)11-9-16/h2-11,14,30H,12-13,15H2,1H3,(H,26,27,28). The van der Waals surface area contributed by atoms with Gasteiger partial charge in [0.25, 0.3) is 15.9 Å². The molecular formula is C25H22N4O9S. The number of hydrogen-bond donors (Lipinski definition) is 2. The summed E-state index contributed by atoms with van der Waals surface area (Å²) in [7, 11) is -2.80. The van der Waals surface area contributed by atoms with Crippen LogP contribution in [0.5, 0.6) is 34.6 Å². The Morgan fingerprint density at radius 1 is 1.05 bits per heavy atom. The summed E-state index contributed by atoms with van der Waals surface area (Å²) in [5.41, 5.74) is 0.392. The summed E-state index contributed by atoms with van der Waals surface area (Å²) in [5, 5.41) is 20.9. The van der Waals surface area contributed by atoms with E-state index in [2.05, 4.69) is 14.7 Å². The van der Waals surface area contributed by atoms with E-state index in [1.54, 1.807) is 24.3 Å². The molecule has 0 radical (unpaired) electrons. The number of para-hydroxylation sites is 2. The van der Waals surface area contributed by atoms with Gasteiger partial charge in [-0.1, -0.05) is 12.1 Å². The van der Waals surface area contributed by atoms with Crippen LogP contribution in [0.25, 0.3) is 11.4 Å². The maximum absolute atomic E-state index is 13.5. The number of nitrogens with one attached hydrogen (secondary N) is 1. The summed E-state index contributed by atoms with van der Waals surface area (Å²) in [6.07, 6.45) is 2.48. The van der Waals surface area contributed by atoms with Crippen molar-refractivity contribution in [1.29, 1.82) is 0 Å². The predicted octanol–water partition coefficient (Wildman–Crippen LogP) is 2.48. The second kappa shape index (κ2) is 10.9. The highest BCUT2D eigenvalue weighted by Gasteiger charge is 2.27. The van der Waals surface area contributed by atoms with E-state index in [0.717, 1.165) is 0 Å². The molecule has 0 saturated heterocycles. The van der Waals surface area contributed by atoms with Crippen LogP contribution in [0.15, 0.2) is 71.9 Å². The third-order valence-electron chi connectivity index (χ3n) is 5.39. The van der Waals surface area contributed by atoms with Crippen molar-refractivity contribution in [2.45, 2.75) is 4.90 Å². The zero-order chi connectivity index (χ0) is 27.4. The largest absolute Gasteiger partial charge is 0.619 e. The number of anilines is 1. The van der Waals surface area contributed by atoms with Crippen LogP contribution >= 0.6 is 0 Å². The molecule has 1 aliphatic heterocycles. The highest BCUT2D eigenvalue weighted by Crippen LogP contribution is 2.42. The van der Waals surface area contributed by atoms with E-state index in [-0.39, 0.29) is 59.7 Å². The molecule has 0 amide bonds. The minimum atomic E-state index is -4.25. The number of ether oxygens (including phenoxy) is 5. The lowest BCUT2D eigenvalue weighted by Gasteiger charge is -2.18. The first-order valence-electron chi connectivity index (χ1n) is 11.5. The lowest BCUT2D eigenvalue weighted by atomic mass is 10.2. The van der Waals surface area contributed by atoms with Crippen molar-refractivity contribution in [3.63, 3.8) is 0 Å². The Bertz CT molecular complexity index is 1600. The van der Waals surface area contributed by atoms with Crippen LogP contribution in [0.1, 0.15) is 0 Å². The van der Waals surface area contributed by atoms with Crippen LogP contribution in [-0.4, -0.2) is 50.6 Å². The number of rotatable bonds is 10. The molecule has 0 fully saturated rings. The number of aliphatic hydroxyl groups is 1. The van der Waals surface area contributed by atoms with E-state index < -0.39 is 10.0 Å². The van der Waals surface area contributed by atoms with E-state index in [9.17, 15) is 18.7 Å². The third kappa shape index (κ3) is 5.56. The number of fused-ring (bicyclic) bond motifs is 1. The number of nitrogens with zero attached hydrogens (tertiary/aromatic N) is 3. The van der Waals surface area contributed by atoms with Gasteiger partial charge in [-0.2, -0.15) is 9.71 Å². The Morgan fingerprint density at radius 3 is 2.54 bits per heavy atom. The molecule has 2 aromatic heterocycles. The molecule has 0 atom stereocenters. The maximum Gasteiger partial charge on any atom is 0.263 e. The van der Waals surface area contributed by atoms with Crippen molar-refractivity contribution < 1.29 is 41.9 Å². The van der Waals surface area contributed by atoms with Gasteiger partial charge in [-0.15, -0.1) is 0 Å². The van der Waals surface area contributed by atoms with Crippen molar-refractivity contribution in [3.05, 3.63) is 72.2 Å². The Hall–Kier alpha value is -4.82. The topological polar surface area (TPSA) is 165 Å². The first-order chi connectivity index (χ1) is 18.9. The van der Waals surface area contributed by atoms with Crippen LogP contribution in [0.2, 0.25) is 0 Å². The van der Waals surface area contributed by atoms with Gasteiger partial charge in [0.05, 0.1) is 18.6 Å². The van der Waals surface area contributed by atoms with Crippen LogP contribution in [0.4, 0.5) is 5.82 Å². The molecule has 14 heteroatoms. The first-order valence-corrected chi connectivity index (χ1v) is 12.9. The quantitative estimate of drug-likeness (QED) is 0.218. The van der Waals surface area contributed by atoms with Crippen molar-refractivity contribution in [2.24, 2.45) is 0 Å². The van der Waals surface area contributed by atoms with E-state index in [0.29, 0.717) is 21.8 Å². The Labute approximate surface area is 222 Å². The second-order valence-electron chi connectivity index (χ2n) is 7.92. The number of hydrogen-bond acceptors (Lipinski definition) is 11. The molecule has 13 nitrogen and oxygen atoms in total. The number of aromatic nitrogens is 3. The van der Waals surface area contributed by atoms with E-state index in [1.807, 2.05) is 0 Å². The van der Waals surface area contributed by atoms with Crippen molar-refractivity contribution >= 4 is 15.8 Å². The minimum Gasteiger partial charge on any atom is -0.619 e.